The summed E-state index contributed by atoms with van der Waals surface area (Å²) in [5.74, 6) is 0. The van der Waals surface area contributed by atoms with Crippen molar-refractivity contribution in [1.82, 2.24) is 9.80 Å². The molecule has 6 heteroatoms. The molecule has 0 bridgehead atoms. The number of nitrogens with zero attached hydrogens (tertiary/aromatic N) is 3. The molecule has 0 aromatic heterocycles. The molecule has 0 spiro atoms. The highest BCUT2D eigenvalue weighted by Gasteiger charge is 2.14. The first kappa shape index (κ1) is 19.9. The van der Waals surface area contributed by atoms with Gasteiger partial charge in [0.15, 0.2) is 6.10 Å². The second-order valence-corrected chi connectivity index (χ2v) is 7.23. The average Bonchev–Trinajstić information content (AvgIpc) is 2.70. The second kappa shape index (κ2) is 9.36. The van der Waals surface area contributed by atoms with Crippen molar-refractivity contribution >= 4 is 6.09 Å². The van der Waals surface area contributed by atoms with Gasteiger partial charge in [0, 0.05) is 39.1 Å². The largest absolute Gasteiger partial charge is 0.431 e. The number of amides is 1. The van der Waals surface area contributed by atoms with Crippen LogP contribution in [0.15, 0.2) is 48.5 Å². The standard InChI is InChI=1S/C22H26N4O2/c1-25-10-12-26(13-11-25)16-18-4-8-20(9-5-18)19-6-2-17(3-7-19)14-21(15-23)28-22(24)27/h2-9,21H,10-14,16H2,1H3,(H2,24,27). The van der Waals surface area contributed by atoms with Crippen molar-refractivity contribution in [2.75, 3.05) is 33.2 Å². The average molecular weight is 378 g/mol. The van der Waals surface area contributed by atoms with Crippen LogP contribution in [0.5, 0.6) is 0 Å². The lowest BCUT2D eigenvalue weighted by molar-refractivity contribution is 0.132. The number of nitrogens with two attached hydrogens (primary N) is 1. The van der Waals surface area contributed by atoms with Crippen molar-refractivity contribution in [3.8, 4) is 17.2 Å². The highest BCUT2D eigenvalue weighted by Crippen LogP contribution is 2.22. The van der Waals surface area contributed by atoms with Gasteiger partial charge >= 0.3 is 6.09 Å². The van der Waals surface area contributed by atoms with Crippen LogP contribution in [0.3, 0.4) is 0 Å². The molecule has 2 aromatic rings. The van der Waals surface area contributed by atoms with Crippen LogP contribution in [-0.4, -0.2) is 55.2 Å². The molecule has 28 heavy (non-hydrogen) atoms. The molecule has 1 fully saturated rings. The summed E-state index contributed by atoms with van der Waals surface area (Å²) in [6.07, 6.45) is -1.47. The molecule has 0 saturated carbocycles. The van der Waals surface area contributed by atoms with Gasteiger partial charge in [0.1, 0.15) is 6.07 Å². The third-order valence-corrected chi connectivity index (χ3v) is 5.07. The number of nitriles is 1. The molecular formula is C22H26N4O2. The van der Waals surface area contributed by atoms with E-state index in [-0.39, 0.29) is 0 Å². The molecule has 0 aliphatic carbocycles. The van der Waals surface area contributed by atoms with E-state index in [1.165, 1.54) is 5.56 Å². The summed E-state index contributed by atoms with van der Waals surface area (Å²) in [4.78, 5) is 15.7. The summed E-state index contributed by atoms with van der Waals surface area (Å²) in [7, 11) is 2.17. The van der Waals surface area contributed by atoms with Crippen LogP contribution >= 0.6 is 0 Å². The van der Waals surface area contributed by atoms with Gasteiger partial charge in [-0.3, -0.25) is 4.90 Å². The number of hydrogen-bond donors (Lipinski definition) is 1. The number of carbonyl (C=O) groups is 1. The number of benzene rings is 2. The Morgan fingerprint density at radius 2 is 1.57 bits per heavy atom. The normalized spacial score (nSPS) is 16.3. The molecule has 2 N–H and O–H groups in total. The second-order valence-electron chi connectivity index (χ2n) is 7.23. The molecule has 3 rings (SSSR count). The first-order valence-electron chi connectivity index (χ1n) is 9.48. The SMILES string of the molecule is CN1CCN(Cc2ccc(-c3ccc(CC(C#N)OC(N)=O)cc3)cc2)CC1. The van der Waals surface area contributed by atoms with Gasteiger partial charge in [-0.1, -0.05) is 48.5 Å². The fourth-order valence-electron chi connectivity index (χ4n) is 3.37. The maximum Gasteiger partial charge on any atom is 0.405 e. The topological polar surface area (TPSA) is 82.6 Å². The molecule has 1 saturated heterocycles. The van der Waals surface area contributed by atoms with Gasteiger partial charge < -0.3 is 15.4 Å². The maximum atomic E-state index is 10.8. The Labute approximate surface area is 166 Å². The highest BCUT2D eigenvalue weighted by molar-refractivity contribution is 5.65. The predicted molar refractivity (Wildman–Crippen MR) is 108 cm³/mol. The van der Waals surface area contributed by atoms with E-state index in [4.69, 9.17) is 15.7 Å². The molecule has 1 aliphatic heterocycles. The van der Waals surface area contributed by atoms with Gasteiger partial charge in [-0.15, -0.1) is 0 Å². The smallest absolute Gasteiger partial charge is 0.405 e. The number of piperazine rings is 1. The molecule has 0 radical (unpaired) electrons. The molecule has 1 amide bonds. The Balaban J connectivity index is 1.59. The Morgan fingerprint density at radius 1 is 1.04 bits per heavy atom. The van der Waals surface area contributed by atoms with Crippen LogP contribution in [0.1, 0.15) is 11.1 Å². The molecule has 1 unspecified atom stereocenters. The maximum absolute atomic E-state index is 10.8. The highest BCUT2D eigenvalue weighted by atomic mass is 16.6. The molecule has 2 aromatic carbocycles. The first-order valence-corrected chi connectivity index (χ1v) is 9.48. The van der Waals surface area contributed by atoms with Crippen molar-refractivity contribution in [1.29, 1.82) is 5.26 Å². The molecule has 1 heterocycles. The summed E-state index contributed by atoms with van der Waals surface area (Å²) < 4.78 is 4.77. The van der Waals surface area contributed by atoms with Gasteiger partial charge in [0.05, 0.1) is 0 Å². The quantitative estimate of drug-likeness (QED) is 0.835. The Morgan fingerprint density at radius 3 is 2.07 bits per heavy atom. The summed E-state index contributed by atoms with van der Waals surface area (Å²) in [6, 6.07) is 18.5. The molecule has 1 aliphatic rings. The number of rotatable bonds is 6. The van der Waals surface area contributed by atoms with E-state index in [0.29, 0.717) is 6.42 Å². The molecule has 146 valence electrons. The number of ether oxygens (including phenoxy) is 1. The van der Waals surface area contributed by atoms with E-state index >= 15 is 0 Å². The number of likely N-dealkylation sites (N-methyl/N-ethyl adjacent to an activating group) is 1. The zero-order chi connectivity index (χ0) is 19.9. The minimum Gasteiger partial charge on any atom is -0.431 e. The van der Waals surface area contributed by atoms with E-state index < -0.39 is 12.2 Å². The van der Waals surface area contributed by atoms with Crippen LogP contribution in [0.25, 0.3) is 11.1 Å². The minimum atomic E-state index is -0.931. The lowest BCUT2D eigenvalue weighted by atomic mass is 10.0. The Bertz CT molecular complexity index is 819. The fraction of sp³-hybridized carbons (Fsp3) is 0.364. The van der Waals surface area contributed by atoms with Crippen LogP contribution in [0.2, 0.25) is 0 Å². The van der Waals surface area contributed by atoms with Gasteiger partial charge in [0.2, 0.25) is 0 Å². The summed E-state index contributed by atoms with van der Waals surface area (Å²) in [5, 5.41) is 9.04. The zero-order valence-electron chi connectivity index (χ0n) is 16.2. The predicted octanol–water partition coefficient (Wildman–Crippen LogP) is 2.63. The third-order valence-electron chi connectivity index (χ3n) is 5.07. The van der Waals surface area contributed by atoms with Crippen molar-refractivity contribution < 1.29 is 9.53 Å². The van der Waals surface area contributed by atoms with Gasteiger partial charge in [0.25, 0.3) is 0 Å². The van der Waals surface area contributed by atoms with Gasteiger partial charge in [-0.05, 0) is 29.3 Å². The molecular weight excluding hydrogens is 352 g/mol. The van der Waals surface area contributed by atoms with Crippen LogP contribution in [0.4, 0.5) is 4.79 Å². The molecule has 1 atom stereocenters. The summed E-state index contributed by atoms with van der Waals surface area (Å²) >= 11 is 0. The van der Waals surface area contributed by atoms with E-state index in [1.54, 1.807) is 0 Å². The Hall–Kier alpha value is -2.88. The Kier molecular flexibility index (Phi) is 6.64. The van der Waals surface area contributed by atoms with E-state index in [1.807, 2.05) is 30.3 Å². The number of hydrogen-bond acceptors (Lipinski definition) is 5. The van der Waals surface area contributed by atoms with Crippen LogP contribution < -0.4 is 5.73 Å². The van der Waals surface area contributed by atoms with E-state index in [2.05, 4.69) is 41.1 Å². The monoisotopic (exact) mass is 378 g/mol. The van der Waals surface area contributed by atoms with E-state index in [9.17, 15) is 4.79 Å². The third kappa shape index (κ3) is 5.56. The lowest BCUT2D eigenvalue weighted by Gasteiger charge is -2.32. The molecule has 6 nitrogen and oxygen atoms in total. The zero-order valence-corrected chi connectivity index (χ0v) is 16.2. The van der Waals surface area contributed by atoms with Crippen LogP contribution in [0, 0.1) is 11.3 Å². The minimum absolute atomic E-state index is 0.323. The van der Waals surface area contributed by atoms with Crippen molar-refractivity contribution in [3.63, 3.8) is 0 Å². The first-order chi connectivity index (χ1) is 13.5. The van der Waals surface area contributed by atoms with Crippen molar-refractivity contribution in [2.24, 2.45) is 5.73 Å². The van der Waals surface area contributed by atoms with Gasteiger partial charge in [-0.2, -0.15) is 5.26 Å². The number of carbonyl (C=O) groups excluding carboxylic acids is 1. The summed E-state index contributed by atoms with van der Waals surface area (Å²) in [5.41, 5.74) is 9.49. The van der Waals surface area contributed by atoms with Crippen LogP contribution in [-0.2, 0) is 17.7 Å². The van der Waals surface area contributed by atoms with Gasteiger partial charge in [-0.25, -0.2) is 4.79 Å². The van der Waals surface area contributed by atoms with Crippen molar-refractivity contribution in [3.05, 3.63) is 59.7 Å². The number of primary amides is 1. The summed E-state index contributed by atoms with van der Waals surface area (Å²) in [6.45, 7) is 5.47. The lowest BCUT2D eigenvalue weighted by Crippen LogP contribution is -2.43. The van der Waals surface area contributed by atoms with Crippen molar-refractivity contribution in [2.45, 2.75) is 19.1 Å². The fourth-order valence-corrected chi connectivity index (χ4v) is 3.37. The van der Waals surface area contributed by atoms with E-state index in [0.717, 1.165) is 49.4 Å².